The van der Waals surface area contributed by atoms with E-state index in [0.717, 1.165) is 16.6 Å². The van der Waals surface area contributed by atoms with Gasteiger partial charge < -0.3 is 5.73 Å². The lowest BCUT2D eigenvalue weighted by atomic mass is 10.6. The summed E-state index contributed by atoms with van der Waals surface area (Å²) in [6, 6.07) is 0. The van der Waals surface area contributed by atoms with Crippen LogP contribution in [0.5, 0.6) is 0 Å². The zero-order valence-electron chi connectivity index (χ0n) is 4.48. The van der Waals surface area contributed by atoms with Gasteiger partial charge >= 0.3 is 0 Å². The van der Waals surface area contributed by atoms with Crippen molar-refractivity contribution in [3.63, 3.8) is 0 Å². The van der Waals surface area contributed by atoms with Gasteiger partial charge in [0.15, 0.2) is 5.17 Å². The summed E-state index contributed by atoms with van der Waals surface area (Å²) in [5, 5.41) is 7.04. The smallest absolute Gasteiger partial charge is 0.151 e. The number of hydrogen-bond acceptors (Lipinski definition) is 2. The van der Waals surface area contributed by atoms with Crippen molar-refractivity contribution in [1.82, 2.24) is 0 Å². The second kappa shape index (κ2) is 5.68. The van der Waals surface area contributed by atoms with Crippen LogP contribution in [0.15, 0.2) is 0 Å². The summed E-state index contributed by atoms with van der Waals surface area (Å²) >= 11 is 3.72. The van der Waals surface area contributed by atoms with Gasteiger partial charge in [-0.2, -0.15) is 0 Å². The molecule has 0 aromatic heterocycles. The topological polar surface area (TPSA) is 49.9 Å². The maximum absolute atomic E-state index is 6.81. The first-order valence-corrected chi connectivity index (χ1v) is 4.81. The minimum absolute atomic E-state index is 0.231. The molecule has 0 spiro atoms. The van der Waals surface area contributed by atoms with Crippen LogP contribution in [0.1, 0.15) is 6.42 Å². The predicted molar refractivity (Wildman–Crippen MR) is 47.9 cm³/mol. The number of nitrogens with two attached hydrogens (primary N) is 1. The third kappa shape index (κ3) is 6.55. The summed E-state index contributed by atoms with van der Waals surface area (Å²) in [5.74, 6) is 0.984. The molecule has 0 aromatic carbocycles. The molecule has 0 saturated carbocycles. The SMILES string of the molecule is N=C(N)SCCCI. The highest BCUT2D eigenvalue weighted by Crippen LogP contribution is 2.01. The highest BCUT2D eigenvalue weighted by Gasteiger charge is 1.87. The first kappa shape index (κ1) is 8.55. The molecule has 3 N–H and O–H groups in total. The molecule has 0 amide bonds. The van der Waals surface area contributed by atoms with Crippen LogP contribution >= 0.6 is 34.4 Å². The van der Waals surface area contributed by atoms with Gasteiger partial charge in [-0.25, -0.2) is 0 Å². The van der Waals surface area contributed by atoms with Crippen LogP contribution in [-0.2, 0) is 0 Å². The van der Waals surface area contributed by atoms with Crippen LogP contribution < -0.4 is 5.73 Å². The fourth-order valence-electron chi connectivity index (χ4n) is 0.237. The zero-order chi connectivity index (χ0) is 6.41. The largest absolute Gasteiger partial charge is 0.379 e. The number of rotatable bonds is 3. The Bertz CT molecular complexity index is 76.4. The van der Waals surface area contributed by atoms with Gasteiger partial charge in [0, 0.05) is 10.2 Å². The Hall–Kier alpha value is 0.550. The van der Waals surface area contributed by atoms with Crippen LogP contribution in [0.25, 0.3) is 0 Å². The van der Waals surface area contributed by atoms with E-state index in [0.29, 0.717) is 0 Å². The van der Waals surface area contributed by atoms with Crippen LogP contribution in [0.4, 0.5) is 0 Å². The number of halogens is 1. The molecular formula is C4H9IN2S. The normalized spacial score (nSPS) is 9.12. The van der Waals surface area contributed by atoms with Crippen LogP contribution in [0.2, 0.25) is 0 Å². The molecule has 0 heterocycles. The fraction of sp³-hybridized carbons (Fsp3) is 0.750. The van der Waals surface area contributed by atoms with Gasteiger partial charge in [0.25, 0.3) is 0 Å². The molecular weight excluding hydrogens is 235 g/mol. The molecule has 48 valence electrons. The minimum Gasteiger partial charge on any atom is -0.379 e. The van der Waals surface area contributed by atoms with Gasteiger partial charge in [0.05, 0.1) is 0 Å². The molecule has 0 bridgehead atoms. The molecule has 0 rings (SSSR count). The molecule has 0 aliphatic rings. The van der Waals surface area contributed by atoms with E-state index < -0.39 is 0 Å². The average molecular weight is 244 g/mol. The van der Waals surface area contributed by atoms with Crippen molar-refractivity contribution in [2.45, 2.75) is 6.42 Å². The third-order valence-corrected chi connectivity index (χ3v) is 2.10. The molecule has 2 nitrogen and oxygen atoms in total. The van der Waals surface area contributed by atoms with Crippen molar-refractivity contribution in [2.24, 2.45) is 5.73 Å². The maximum atomic E-state index is 6.81. The van der Waals surface area contributed by atoms with E-state index in [4.69, 9.17) is 11.1 Å². The minimum atomic E-state index is 0.231. The second-order valence-corrected chi connectivity index (χ2v) is 3.47. The number of hydrogen-bond donors (Lipinski definition) is 2. The predicted octanol–water partition coefficient (Wildman–Crippen LogP) is 1.44. The standard InChI is InChI=1S/C4H9IN2S/c5-2-1-3-8-4(6)7/h1-3H2,(H3,6,7). The molecule has 0 fully saturated rings. The number of thioether (sulfide) groups is 1. The summed E-state index contributed by atoms with van der Waals surface area (Å²) in [5.41, 5.74) is 5.08. The summed E-state index contributed by atoms with van der Waals surface area (Å²) in [4.78, 5) is 0. The molecule has 0 saturated heterocycles. The van der Waals surface area contributed by atoms with E-state index in [2.05, 4.69) is 22.6 Å². The van der Waals surface area contributed by atoms with E-state index >= 15 is 0 Å². The summed E-state index contributed by atoms with van der Waals surface area (Å²) in [7, 11) is 0. The lowest BCUT2D eigenvalue weighted by Gasteiger charge is -1.92. The monoisotopic (exact) mass is 244 g/mol. The van der Waals surface area contributed by atoms with Gasteiger partial charge in [0.1, 0.15) is 0 Å². The Balaban J connectivity index is 2.82. The van der Waals surface area contributed by atoms with Crippen molar-refractivity contribution in [1.29, 1.82) is 5.41 Å². The van der Waals surface area contributed by atoms with Crippen molar-refractivity contribution >= 4 is 39.5 Å². The third-order valence-electron chi connectivity index (χ3n) is 0.536. The Morgan fingerprint density at radius 3 is 2.75 bits per heavy atom. The quantitative estimate of drug-likeness (QED) is 0.259. The summed E-state index contributed by atoms with van der Waals surface area (Å²) in [6.07, 6.45) is 1.14. The molecule has 0 aliphatic carbocycles. The average Bonchev–Trinajstić information content (AvgIpc) is 1.66. The molecule has 4 heteroatoms. The molecule has 0 unspecified atom stereocenters. The Morgan fingerprint density at radius 1 is 1.75 bits per heavy atom. The van der Waals surface area contributed by atoms with Crippen molar-refractivity contribution in [3.05, 3.63) is 0 Å². The van der Waals surface area contributed by atoms with Crippen LogP contribution in [-0.4, -0.2) is 15.3 Å². The number of nitrogens with one attached hydrogen (secondary N) is 1. The Morgan fingerprint density at radius 2 is 2.38 bits per heavy atom. The lowest BCUT2D eigenvalue weighted by molar-refractivity contribution is 1.15. The number of alkyl halides is 1. The van der Waals surface area contributed by atoms with Crippen LogP contribution in [0, 0.1) is 5.41 Å². The number of amidine groups is 1. The van der Waals surface area contributed by atoms with Gasteiger partial charge in [-0.3, -0.25) is 5.41 Å². The molecule has 0 aliphatic heterocycles. The molecule has 0 radical (unpaired) electrons. The van der Waals surface area contributed by atoms with Gasteiger partial charge in [-0.15, -0.1) is 0 Å². The molecule has 0 aromatic rings. The second-order valence-electron chi connectivity index (χ2n) is 1.26. The van der Waals surface area contributed by atoms with Gasteiger partial charge in [0.2, 0.25) is 0 Å². The van der Waals surface area contributed by atoms with E-state index in [1.165, 1.54) is 11.8 Å². The zero-order valence-corrected chi connectivity index (χ0v) is 7.46. The van der Waals surface area contributed by atoms with Gasteiger partial charge in [-0.1, -0.05) is 34.4 Å². The summed E-state index contributed by atoms with van der Waals surface area (Å²) < 4.78 is 1.15. The Kier molecular flexibility index (Phi) is 6.07. The highest BCUT2D eigenvalue weighted by molar-refractivity contribution is 14.1. The first-order chi connectivity index (χ1) is 3.77. The molecule has 8 heavy (non-hydrogen) atoms. The first-order valence-electron chi connectivity index (χ1n) is 2.30. The highest BCUT2D eigenvalue weighted by atomic mass is 127. The maximum Gasteiger partial charge on any atom is 0.151 e. The van der Waals surface area contributed by atoms with E-state index in [-0.39, 0.29) is 5.17 Å². The van der Waals surface area contributed by atoms with Crippen molar-refractivity contribution in [2.75, 3.05) is 10.2 Å². The van der Waals surface area contributed by atoms with Crippen LogP contribution in [0.3, 0.4) is 0 Å². The van der Waals surface area contributed by atoms with Crippen molar-refractivity contribution < 1.29 is 0 Å². The van der Waals surface area contributed by atoms with E-state index in [1.807, 2.05) is 0 Å². The van der Waals surface area contributed by atoms with Gasteiger partial charge in [-0.05, 0) is 6.42 Å². The van der Waals surface area contributed by atoms with Crippen molar-refractivity contribution in [3.8, 4) is 0 Å². The lowest BCUT2D eigenvalue weighted by Crippen LogP contribution is -2.04. The molecule has 0 atom stereocenters. The Labute approximate surface area is 67.2 Å². The summed E-state index contributed by atoms with van der Waals surface area (Å²) in [6.45, 7) is 0. The fourth-order valence-corrected chi connectivity index (χ4v) is 1.64. The van der Waals surface area contributed by atoms with E-state index in [1.54, 1.807) is 0 Å². The van der Waals surface area contributed by atoms with E-state index in [9.17, 15) is 0 Å².